The Morgan fingerprint density at radius 2 is 1.65 bits per heavy atom. The Bertz CT molecular complexity index is 864. The van der Waals surface area contributed by atoms with Crippen molar-refractivity contribution in [2.75, 3.05) is 26.1 Å². The van der Waals surface area contributed by atoms with Crippen molar-refractivity contribution in [2.24, 2.45) is 0 Å². The second-order valence-corrected chi connectivity index (χ2v) is 7.21. The van der Waals surface area contributed by atoms with E-state index in [4.69, 9.17) is 9.47 Å². The molecule has 0 radical (unpaired) electrons. The van der Waals surface area contributed by atoms with Crippen LogP contribution < -0.4 is 19.5 Å². The monoisotopic (exact) mass is 378 g/mol. The fraction of sp³-hybridized carbons (Fsp3) is 0.278. The van der Waals surface area contributed by atoms with Gasteiger partial charge in [-0.2, -0.15) is 0 Å². The first-order valence-corrected chi connectivity index (χ1v) is 9.48. The van der Waals surface area contributed by atoms with E-state index in [2.05, 4.69) is 10.0 Å². The lowest BCUT2D eigenvalue weighted by Gasteiger charge is -2.11. The molecule has 0 aliphatic heterocycles. The molecule has 0 fully saturated rings. The largest absolute Gasteiger partial charge is 0.493 e. The third kappa shape index (κ3) is 4.96. The molecule has 2 N–H and O–H groups in total. The van der Waals surface area contributed by atoms with Crippen LogP contribution in [0.25, 0.3) is 0 Å². The van der Waals surface area contributed by atoms with E-state index < -0.39 is 15.9 Å². The van der Waals surface area contributed by atoms with E-state index in [1.165, 1.54) is 32.4 Å². The number of carbonyl (C=O) groups excluding carboxylic acids is 1. The van der Waals surface area contributed by atoms with Gasteiger partial charge in [0.15, 0.2) is 11.5 Å². The molecular weight excluding hydrogens is 356 g/mol. The zero-order valence-corrected chi connectivity index (χ0v) is 15.7. The van der Waals surface area contributed by atoms with Gasteiger partial charge < -0.3 is 14.8 Å². The van der Waals surface area contributed by atoms with E-state index in [-0.39, 0.29) is 17.2 Å². The lowest BCUT2D eigenvalue weighted by Crippen LogP contribution is -2.32. The lowest BCUT2D eigenvalue weighted by molar-refractivity contribution is -0.115. The van der Waals surface area contributed by atoms with Crippen molar-refractivity contribution in [1.29, 1.82) is 0 Å². The van der Waals surface area contributed by atoms with Crippen molar-refractivity contribution in [3.05, 3.63) is 48.0 Å². The number of benzene rings is 2. The maximum atomic E-state index is 12.4. The van der Waals surface area contributed by atoms with E-state index in [9.17, 15) is 13.2 Å². The highest BCUT2D eigenvalue weighted by molar-refractivity contribution is 7.89. The molecule has 1 amide bonds. The van der Waals surface area contributed by atoms with Crippen LogP contribution in [0.5, 0.6) is 11.5 Å². The molecule has 0 bridgehead atoms. The zero-order valence-electron chi connectivity index (χ0n) is 14.9. The summed E-state index contributed by atoms with van der Waals surface area (Å²) in [5, 5.41) is 2.65. The van der Waals surface area contributed by atoms with Gasteiger partial charge in [-0.25, -0.2) is 13.1 Å². The molecule has 7 nitrogen and oxygen atoms in total. The van der Waals surface area contributed by atoms with E-state index >= 15 is 0 Å². The molecule has 0 spiro atoms. The van der Waals surface area contributed by atoms with Gasteiger partial charge >= 0.3 is 0 Å². The van der Waals surface area contributed by atoms with Crippen LogP contribution in [-0.2, 0) is 21.2 Å². The Morgan fingerprint density at radius 1 is 1.00 bits per heavy atom. The van der Waals surface area contributed by atoms with Gasteiger partial charge in [0.05, 0.1) is 25.7 Å². The van der Waals surface area contributed by atoms with Crippen LogP contribution in [-0.4, -0.2) is 35.1 Å². The molecule has 2 aromatic rings. The smallest absolute Gasteiger partial charge is 0.241 e. The average molecular weight is 378 g/mol. The maximum Gasteiger partial charge on any atom is 0.241 e. The third-order valence-electron chi connectivity index (χ3n) is 3.73. The van der Waals surface area contributed by atoms with Crippen LogP contribution in [0.15, 0.2) is 47.4 Å². The molecule has 0 aliphatic rings. The Balaban J connectivity index is 2.01. The molecule has 8 heteroatoms. The van der Waals surface area contributed by atoms with Crippen molar-refractivity contribution in [3.63, 3.8) is 0 Å². The topological polar surface area (TPSA) is 93.7 Å². The van der Waals surface area contributed by atoms with Gasteiger partial charge in [0, 0.05) is 11.8 Å². The molecule has 0 saturated carbocycles. The number of hydrogen-bond donors (Lipinski definition) is 2. The van der Waals surface area contributed by atoms with Gasteiger partial charge in [-0.15, -0.1) is 0 Å². The number of sulfonamides is 1. The maximum absolute atomic E-state index is 12.4. The highest BCUT2D eigenvalue weighted by atomic mass is 32.2. The molecular formula is C18H22N2O5S. The first-order chi connectivity index (χ1) is 12.4. The minimum absolute atomic E-state index is 0.0183. The summed E-state index contributed by atoms with van der Waals surface area (Å²) >= 11 is 0. The average Bonchev–Trinajstić information content (AvgIpc) is 2.66. The van der Waals surface area contributed by atoms with E-state index in [0.29, 0.717) is 11.4 Å². The van der Waals surface area contributed by atoms with Crippen molar-refractivity contribution in [1.82, 2.24) is 4.72 Å². The Labute approximate surface area is 153 Å². The van der Waals surface area contributed by atoms with Gasteiger partial charge in [0.25, 0.3) is 0 Å². The van der Waals surface area contributed by atoms with E-state index in [1.807, 2.05) is 19.1 Å². The molecule has 26 heavy (non-hydrogen) atoms. The second kappa shape index (κ2) is 8.68. The number of ether oxygens (including phenoxy) is 2. The van der Waals surface area contributed by atoms with Crippen LogP contribution >= 0.6 is 0 Å². The molecule has 2 rings (SSSR count). The number of rotatable bonds is 8. The highest BCUT2D eigenvalue weighted by Gasteiger charge is 2.18. The second-order valence-electron chi connectivity index (χ2n) is 5.44. The summed E-state index contributed by atoms with van der Waals surface area (Å²) in [4.78, 5) is 12.0. The molecule has 0 saturated heterocycles. The number of amides is 1. The highest BCUT2D eigenvalue weighted by Crippen LogP contribution is 2.29. The van der Waals surface area contributed by atoms with Gasteiger partial charge in [-0.1, -0.05) is 19.1 Å². The summed E-state index contributed by atoms with van der Waals surface area (Å²) in [5.74, 6) is 0.244. The summed E-state index contributed by atoms with van der Waals surface area (Å²) in [5.41, 5.74) is 1.76. The predicted molar refractivity (Wildman–Crippen MR) is 99.2 cm³/mol. The predicted octanol–water partition coefficient (Wildman–Crippen LogP) is 2.18. The van der Waals surface area contributed by atoms with E-state index in [1.54, 1.807) is 12.1 Å². The molecule has 0 atom stereocenters. The first kappa shape index (κ1) is 19.7. The lowest BCUT2D eigenvalue weighted by atomic mass is 10.1. The normalized spacial score (nSPS) is 11.0. The van der Waals surface area contributed by atoms with Crippen molar-refractivity contribution < 1.29 is 22.7 Å². The molecule has 2 aromatic carbocycles. The van der Waals surface area contributed by atoms with Gasteiger partial charge in [0.2, 0.25) is 15.9 Å². The number of anilines is 1. The number of aryl methyl sites for hydroxylation is 1. The minimum atomic E-state index is -3.86. The first-order valence-electron chi connectivity index (χ1n) is 8.00. The molecule has 0 aliphatic carbocycles. The van der Waals surface area contributed by atoms with Crippen LogP contribution in [0, 0.1) is 0 Å². The van der Waals surface area contributed by atoms with Crippen molar-refractivity contribution in [2.45, 2.75) is 18.2 Å². The van der Waals surface area contributed by atoms with Crippen LogP contribution in [0.4, 0.5) is 5.69 Å². The molecule has 0 heterocycles. The summed E-state index contributed by atoms with van der Waals surface area (Å²) < 4.78 is 37.2. The third-order valence-corrected chi connectivity index (χ3v) is 5.13. The SMILES string of the molecule is CCc1ccc(NC(=O)CNS(=O)(=O)c2ccc(OC)c(OC)c2)cc1. The Morgan fingerprint density at radius 3 is 2.23 bits per heavy atom. The summed E-state index contributed by atoms with van der Waals surface area (Å²) in [7, 11) is -0.987. The van der Waals surface area contributed by atoms with Crippen molar-refractivity contribution in [3.8, 4) is 11.5 Å². The fourth-order valence-corrected chi connectivity index (χ4v) is 3.25. The summed E-state index contributed by atoms with van der Waals surface area (Å²) in [6.45, 7) is 1.66. The van der Waals surface area contributed by atoms with E-state index in [0.717, 1.165) is 12.0 Å². The van der Waals surface area contributed by atoms with Crippen LogP contribution in [0.3, 0.4) is 0 Å². The standard InChI is InChI=1S/C18H22N2O5S/c1-4-13-5-7-14(8-6-13)20-18(21)12-19-26(22,23)15-9-10-16(24-2)17(11-15)25-3/h5-11,19H,4,12H2,1-3H3,(H,20,21). The Hall–Kier alpha value is -2.58. The molecule has 140 valence electrons. The summed E-state index contributed by atoms with van der Waals surface area (Å²) in [6, 6.07) is 11.6. The number of hydrogen-bond acceptors (Lipinski definition) is 5. The van der Waals surface area contributed by atoms with Gasteiger partial charge in [0.1, 0.15) is 0 Å². The van der Waals surface area contributed by atoms with Crippen LogP contribution in [0.2, 0.25) is 0 Å². The molecule has 0 aromatic heterocycles. The molecule has 0 unspecified atom stereocenters. The minimum Gasteiger partial charge on any atom is -0.493 e. The number of nitrogens with one attached hydrogen (secondary N) is 2. The fourth-order valence-electron chi connectivity index (χ4n) is 2.26. The Kier molecular flexibility index (Phi) is 6.59. The summed E-state index contributed by atoms with van der Waals surface area (Å²) in [6.07, 6.45) is 0.902. The quantitative estimate of drug-likeness (QED) is 0.734. The van der Waals surface area contributed by atoms with Crippen LogP contribution in [0.1, 0.15) is 12.5 Å². The van der Waals surface area contributed by atoms with Gasteiger partial charge in [-0.3, -0.25) is 4.79 Å². The van der Waals surface area contributed by atoms with Gasteiger partial charge in [-0.05, 0) is 36.2 Å². The number of carbonyl (C=O) groups is 1. The van der Waals surface area contributed by atoms with Crippen molar-refractivity contribution >= 4 is 21.6 Å². The zero-order chi connectivity index (χ0) is 19.2. The number of methoxy groups -OCH3 is 2.